The first kappa shape index (κ1) is 13.5. The fraction of sp³-hybridized carbons (Fsp3) is 0.727. The van der Waals surface area contributed by atoms with E-state index in [9.17, 15) is 14.4 Å². The Balaban J connectivity index is 2.45. The maximum absolute atomic E-state index is 11.7. The highest BCUT2D eigenvalue weighted by Gasteiger charge is 2.65. The lowest BCUT2D eigenvalue weighted by Gasteiger charge is -2.05. The summed E-state index contributed by atoms with van der Waals surface area (Å²) in [6, 6.07) is 0. The largest absolute Gasteiger partial charge is 0.481 e. The van der Waals surface area contributed by atoms with Crippen molar-refractivity contribution in [3.63, 3.8) is 0 Å². The number of ether oxygens (including phenoxy) is 1. The Morgan fingerprint density at radius 3 is 2.29 bits per heavy atom. The van der Waals surface area contributed by atoms with Gasteiger partial charge in [-0.3, -0.25) is 14.4 Å². The van der Waals surface area contributed by atoms with Gasteiger partial charge in [-0.15, -0.1) is 0 Å². The number of rotatable bonds is 5. The summed E-state index contributed by atoms with van der Waals surface area (Å²) in [7, 11) is 0. The number of hydrogen-bond acceptors (Lipinski definition) is 4. The van der Waals surface area contributed by atoms with Crippen LogP contribution in [0, 0.1) is 17.3 Å². The van der Waals surface area contributed by atoms with Crippen LogP contribution in [0.25, 0.3) is 0 Å². The first-order chi connectivity index (χ1) is 7.82. The molecule has 96 valence electrons. The van der Waals surface area contributed by atoms with Gasteiger partial charge >= 0.3 is 11.9 Å². The SMILES string of the molecule is CCOC(=O)CNC(=O)[C@H]1[C@@H](C(=O)O)C1(C)C. The van der Waals surface area contributed by atoms with Crippen molar-refractivity contribution in [2.45, 2.75) is 20.8 Å². The summed E-state index contributed by atoms with van der Waals surface area (Å²) in [5, 5.41) is 11.3. The Labute approximate surface area is 99.3 Å². The van der Waals surface area contributed by atoms with E-state index in [4.69, 9.17) is 5.11 Å². The van der Waals surface area contributed by atoms with Gasteiger partial charge in [-0.1, -0.05) is 13.8 Å². The van der Waals surface area contributed by atoms with Crippen molar-refractivity contribution < 1.29 is 24.2 Å². The Bertz CT molecular complexity index is 350. The molecule has 0 heterocycles. The third kappa shape index (κ3) is 2.75. The second kappa shape index (κ2) is 4.73. The fourth-order valence-corrected chi connectivity index (χ4v) is 2.07. The number of nitrogens with one attached hydrogen (secondary N) is 1. The number of hydrogen-bond donors (Lipinski definition) is 2. The van der Waals surface area contributed by atoms with Gasteiger partial charge < -0.3 is 15.2 Å². The van der Waals surface area contributed by atoms with E-state index in [1.165, 1.54) is 0 Å². The zero-order valence-electron chi connectivity index (χ0n) is 10.1. The lowest BCUT2D eigenvalue weighted by molar-refractivity contribution is -0.143. The molecule has 0 unspecified atom stereocenters. The molecule has 0 bridgehead atoms. The Kier molecular flexibility index (Phi) is 3.75. The summed E-state index contributed by atoms with van der Waals surface area (Å²) < 4.78 is 4.65. The fourth-order valence-electron chi connectivity index (χ4n) is 2.07. The Morgan fingerprint density at radius 2 is 1.88 bits per heavy atom. The van der Waals surface area contributed by atoms with Crippen molar-refractivity contribution in [1.82, 2.24) is 5.32 Å². The second-order valence-electron chi connectivity index (χ2n) is 4.64. The lowest BCUT2D eigenvalue weighted by atomic mass is 10.1. The van der Waals surface area contributed by atoms with Crippen molar-refractivity contribution in [1.29, 1.82) is 0 Å². The van der Waals surface area contributed by atoms with Crippen molar-refractivity contribution in [3.8, 4) is 0 Å². The molecule has 0 radical (unpaired) electrons. The highest BCUT2D eigenvalue weighted by molar-refractivity contribution is 5.93. The first-order valence-electron chi connectivity index (χ1n) is 5.48. The number of aliphatic carboxylic acids is 1. The second-order valence-corrected chi connectivity index (χ2v) is 4.64. The van der Waals surface area contributed by atoms with Crippen LogP contribution in [0.5, 0.6) is 0 Å². The van der Waals surface area contributed by atoms with E-state index < -0.39 is 35.1 Å². The molecule has 2 atom stereocenters. The number of esters is 1. The van der Waals surface area contributed by atoms with E-state index in [1.54, 1.807) is 20.8 Å². The molecule has 1 aliphatic rings. The molecule has 1 aliphatic carbocycles. The van der Waals surface area contributed by atoms with Crippen LogP contribution in [0.15, 0.2) is 0 Å². The van der Waals surface area contributed by atoms with Gasteiger partial charge in [0.2, 0.25) is 5.91 Å². The van der Waals surface area contributed by atoms with E-state index in [0.29, 0.717) is 0 Å². The number of carbonyl (C=O) groups excluding carboxylic acids is 2. The quantitative estimate of drug-likeness (QED) is 0.664. The summed E-state index contributed by atoms with van der Waals surface area (Å²) in [6.07, 6.45) is 0. The molecule has 6 heteroatoms. The third-order valence-corrected chi connectivity index (χ3v) is 3.09. The minimum atomic E-state index is -0.980. The van der Waals surface area contributed by atoms with Crippen LogP contribution >= 0.6 is 0 Å². The van der Waals surface area contributed by atoms with Crippen LogP contribution in [0.1, 0.15) is 20.8 Å². The Morgan fingerprint density at radius 1 is 1.29 bits per heavy atom. The highest BCUT2D eigenvalue weighted by Crippen LogP contribution is 2.58. The predicted molar refractivity (Wildman–Crippen MR) is 58.0 cm³/mol. The molecule has 1 rings (SSSR count). The van der Waals surface area contributed by atoms with Crippen LogP contribution in [0.2, 0.25) is 0 Å². The molecule has 17 heavy (non-hydrogen) atoms. The van der Waals surface area contributed by atoms with E-state index in [1.807, 2.05) is 0 Å². The minimum Gasteiger partial charge on any atom is -0.481 e. The monoisotopic (exact) mass is 243 g/mol. The zero-order valence-corrected chi connectivity index (χ0v) is 10.1. The maximum Gasteiger partial charge on any atom is 0.325 e. The van der Waals surface area contributed by atoms with Crippen molar-refractivity contribution in [2.24, 2.45) is 17.3 Å². The molecule has 1 amide bonds. The van der Waals surface area contributed by atoms with E-state index in [-0.39, 0.29) is 13.2 Å². The van der Waals surface area contributed by atoms with Gasteiger partial charge in [0, 0.05) is 0 Å². The van der Waals surface area contributed by atoms with Gasteiger partial charge in [0.15, 0.2) is 0 Å². The average molecular weight is 243 g/mol. The van der Waals surface area contributed by atoms with Gasteiger partial charge in [-0.25, -0.2) is 0 Å². The smallest absolute Gasteiger partial charge is 0.325 e. The summed E-state index contributed by atoms with van der Waals surface area (Å²) in [6.45, 7) is 5.15. The van der Waals surface area contributed by atoms with Crippen LogP contribution in [-0.2, 0) is 19.1 Å². The van der Waals surface area contributed by atoms with Gasteiger partial charge in [-0.2, -0.15) is 0 Å². The van der Waals surface area contributed by atoms with Gasteiger partial charge in [-0.05, 0) is 12.3 Å². The standard InChI is InChI=1S/C11H17NO5/c1-4-17-6(13)5-12-9(14)7-8(10(15)16)11(7,2)3/h7-8H,4-5H2,1-3H3,(H,12,14)(H,15,16)/t7-,8+/m1/s1. The predicted octanol–water partition coefficient (Wildman–Crippen LogP) is 0.0225. The summed E-state index contributed by atoms with van der Waals surface area (Å²) in [5.41, 5.74) is -0.551. The van der Waals surface area contributed by atoms with E-state index >= 15 is 0 Å². The molecule has 0 saturated heterocycles. The van der Waals surface area contributed by atoms with Gasteiger partial charge in [0.25, 0.3) is 0 Å². The molecular weight excluding hydrogens is 226 g/mol. The van der Waals surface area contributed by atoms with E-state index in [0.717, 1.165) is 0 Å². The number of carboxylic acid groups (broad SMARTS) is 1. The van der Waals surface area contributed by atoms with Crippen LogP contribution in [-0.4, -0.2) is 36.1 Å². The Hall–Kier alpha value is -1.59. The lowest BCUT2D eigenvalue weighted by Crippen LogP contribution is -2.33. The topological polar surface area (TPSA) is 92.7 Å². The molecule has 6 nitrogen and oxygen atoms in total. The molecule has 2 N–H and O–H groups in total. The van der Waals surface area contributed by atoms with Gasteiger partial charge in [0.1, 0.15) is 6.54 Å². The average Bonchev–Trinajstić information content (AvgIpc) is 2.79. The molecule has 1 fully saturated rings. The van der Waals surface area contributed by atoms with Gasteiger partial charge in [0.05, 0.1) is 18.4 Å². The molecular formula is C11H17NO5. The number of amides is 1. The minimum absolute atomic E-state index is 0.217. The first-order valence-corrected chi connectivity index (χ1v) is 5.48. The normalized spacial score (nSPS) is 24.9. The van der Waals surface area contributed by atoms with Crippen molar-refractivity contribution in [2.75, 3.05) is 13.2 Å². The third-order valence-electron chi connectivity index (χ3n) is 3.09. The summed E-state index contributed by atoms with van der Waals surface area (Å²) in [5.74, 6) is -3.16. The zero-order chi connectivity index (χ0) is 13.2. The molecule has 0 aliphatic heterocycles. The van der Waals surface area contributed by atoms with Crippen LogP contribution in [0.4, 0.5) is 0 Å². The summed E-state index contributed by atoms with van der Waals surface area (Å²) >= 11 is 0. The van der Waals surface area contributed by atoms with Crippen LogP contribution in [0.3, 0.4) is 0 Å². The molecule has 0 aromatic heterocycles. The van der Waals surface area contributed by atoms with Crippen molar-refractivity contribution >= 4 is 17.8 Å². The summed E-state index contributed by atoms with van der Waals surface area (Å²) in [4.78, 5) is 33.5. The van der Waals surface area contributed by atoms with E-state index in [2.05, 4.69) is 10.1 Å². The highest BCUT2D eigenvalue weighted by atomic mass is 16.5. The molecule has 0 aromatic rings. The van der Waals surface area contributed by atoms with Crippen LogP contribution < -0.4 is 5.32 Å². The molecule has 0 aromatic carbocycles. The maximum atomic E-state index is 11.7. The molecule has 1 saturated carbocycles. The number of carboxylic acids is 1. The number of carbonyl (C=O) groups is 3. The van der Waals surface area contributed by atoms with Crippen molar-refractivity contribution in [3.05, 3.63) is 0 Å². The molecule has 0 spiro atoms.